The summed E-state index contributed by atoms with van der Waals surface area (Å²) >= 11 is 6.43. The van der Waals surface area contributed by atoms with Crippen LogP contribution in [0.1, 0.15) is 62.4 Å². The molecule has 2 aromatic carbocycles. The molecule has 3 heterocycles. The molecule has 178 valence electrons. The minimum absolute atomic E-state index is 0.253. The van der Waals surface area contributed by atoms with Crippen molar-refractivity contribution in [3.05, 3.63) is 68.7 Å². The van der Waals surface area contributed by atoms with Crippen LogP contribution >= 0.6 is 11.6 Å². The maximum absolute atomic E-state index is 12.9. The first kappa shape index (κ1) is 22.3. The van der Waals surface area contributed by atoms with Crippen LogP contribution in [0.4, 0.5) is 0 Å². The highest BCUT2D eigenvalue weighted by molar-refractivity contribution is 6.35. The van der Waals surface area contributed by atoms with Crippen molar-refractivity contribution in [3.8, 4) is 5.69 Å². The number of nitrogens with zero attached hydrogens (tertiary/aromatic N) is 3. The first-order valence-corrected chi connectivity index (χ1v) is 12.9. The molecule has 1 N–H and O–H groups in total. The van der Waals surface area contributed by atoms with Crippen LogP contribution in [0.3, 0.4) is 0 Å². The van der Waals surface area contributed by atoms with Gasteiger partial charge in [-0.3, -0.25) is 9.36 Å². The monoisotopic (exact) mass is 477 g/mol. The molecule has 0 atom stereocenters. The van der Waals surface area contributed by atoms with Crippen LogP contribution in [-0.2, 0) is 5.41 Å². The van der Waals surface area contributed by atoms with E-state index in [1.54, 1.807) is 6.07 Å². The molecule has 1 saturated carbocycles. The summed E-state index contributed by atoms with van der Waals surface area (Å²) in [5.74, 6) is 2.64. The minimum atomic E-state index is -0.345. The molecular weight excluding hydrogens is 446 g/mol. The topological polar surface area (TPSA) is 58.4 Å². The molecule has 2 aliphatic heterocycles. The Morgan fingerprint density at radius 3 is 2.62 bits per heavy atom. The molecular formula is C28H32ClN3O2. The maximum Gasteiger partial charge on any atom is 0.282 e. The van der Waals surface area contributed by atoms with Gasteiger partial charge in [-0.25, -0.2) is 0 Å². The molecule has 1 saturated heterocycles. The van der Waals surface area contributed by atoms with Crippen molar-refractivity contribution in [2.45, 2.75) is 50.9 Å². The SMILES string of the molecule is CC1(C)c2ccc(C3CCN(CC4CC(CO)C4)CC3)cc2-n2c1nc(=O)c1c(Cl)cccc12. The molecule has 1 aliphatic carbocycles. The first-order chi connectivity index (χ1) is 16.4. The second-order valence-corrected chi connectivity index (χ2v) is 11.5. The van der Waals surface area contributed by atoms with E-state index < -0.39 is 0 Å². The quantitative estimate of drug-likeness (QED) is 0.582. The van der Waals surface area contributed by atoms with Crippen LogP contribution < -0.4 is 5.56 Å². The average Bonchev–Trinajstić information content (AvgIpc) is 3.02. The van der Waals surface area contributed by atoms with Gasteiger partial charge in [0.1, 0.15) is 5.82 Å². The minimum Gasteiger partial charge on any atom is -0.396 e. The number of aliphatic hydroxyl groups is 1. The predicted octanol–water partition coefficient (Wildman–Crippen LogP) is 4.88. The van der Waals surface area contributed by atoms with Crippen LogP contribution in [0.2, 0.25) is 5.02 Å². The Bertz CT molecular complexity index is 1320. The third kappa shape index (κ3) is 3.43. The number of halogens is 1. The summed E-state index contributed by atoms with van der Waals surface area (Å²) in [7, 11) is 0. The van der Waals surface area contributed by atoms with Crippen LogP contribution in [0, 0.1) is 11.8 Å². The molecule has 0 unspecified atom stereocenters. The molecule has 5 nitrogen and oxygen atoms in total. The molecule has 6 rings (SSSR count). The van der Waals surface area contributed by atoms with E-state index in [2.05, 4.69) is 46.5 Å². The predicted molar refractivity (Wildman–Crippen MR) is 136 cm³/mol. The van der Waals surface area contributed by atoms with Gasteiger partial charge in [0.25, 0.3) is 5.56 Å². The number of benzene rings is 2. The Balaban J connectivity index is 1.30. The van der Waals surface area contributed by atoms with E-state index in [4.69, 9.17) is 11.6 Å². The van der Waals surface area contributed by atoms with Crippen molar-refractivity contribution >= 4 is 22.5 Å². The Kier molecular flexibility index (Phi) is 5.36. The van der Waals surface area contributed by atoms with Crippen molar-refractivity contribution in [1.82, 2.24) is 14.5 Å². The third-order valence-electron chi connectivity index (χ3n) is 8.53. The largest absolute Gasteiger partial charge is 0.396 e. The van der Waals surface area contributed by atoms with Crippen molar-refractivity contribution in [1.29, 1.82) is 0 Å². The van der Waals surface area contributed by atoms with Crippen LogP contribution in [0.25, 0.3) is 16.6 Å². The highest BCUT2D eigenvalue weighted by Gasteiger charge is 2.39. The fourth-order valence-corrected chi connectivity index (χ4v) is 6.76. The van der Waals surface area contributed by atoms with E-state index in [0.29, 0.717) is 28.9 Å². The highest BCUT2D eigenvalue weighted by atomic mass is 35.5. The lowest BCUT2D eigenvalue weighted by Crippen LogP contribution is -2.41. The van der Waals surface area contributed by atoms with Crippen LogP contribution in [0.5, 0.6) is 0 Å². The van der Waals surface area contributed by atoms with Crippen molar-refractivity contribution in [3.63, 3.8) is 0 Å². The summed E-state index contributed by atoms with van der Waals surface area (Å²) in [6, 6.07) is 12.5. The molecule has 0 bridgehead atoms. The average molecular weight is 478 g/mol. The van der Waals surface area contributed by atoms with Gasteiger partial charge in [-0.1, -0.05) is 29.8 Å². The smallest absolute Gasteiger partial charge is 0.282 e. The van der Waals surface area contributed by atoms with Gasteiger partial charge < -0.3 is 10.0 Å². The Morgan fingerprint density at radius 1 is 1.12 bits per heavy atom. The molecule has 3 aliphatic rings. The normalized spacial score (nSPS) is 24.1. The Hall–Kier alpha value is -2.21. The van der Waals surface area contributed by atoms with E-state index in [1.807, 2.05) is 12.1 Å². The molecule has 1 aromatic heterocycles. The zero-order valence-corrected chi connectivity index (χ0v) is 20.7. The zero-order valence-electron chi connectivity index (χ0n) is 19.9. The van der Waals surface area contributed by atoms with Gasteiger partial charge in [0.2, 0.25) is 0 Å². The summed E-state index contributed by atoms with van der Waals surface area (Å²) in [5.41, 5.74) is 3.95. The lowest BCUT2D eigenvalue weighted by atomic mass is 9.75. The zero-order chi connectivity index (χ0) is 23.6. The van der Waals surface area contributed by atoms with Gasteiger partial charge in [0, 0.05) is 13.2 Å². The molecule has 0 spiro atoms. The van der Waals surface area contributed by atoms with E-state index in [1.165, 1.54) is 43.4 Å². The number of fused-ring (bicyclic) bond motifs is 5. The number of aromatic nitrogens is 2. The van der Waals surface area contributed by atoms with E-state index in [9.17, 15) is 9.90 Å². The second-order valence-electron chi connectivity index (χ2n) is 11.1. The molecule has 3 aromatic rings. The lowest BCUT2D eigenvalue weighted by Gasteiger charge is -2.40. The summed E-state index contributed by atoms with van der Waals surface area (Å²) in [5, 5.41) is 10.2. The number of hydrogen-bond donors (Lipinski definition) is 1. The highest BCUT2D eigenvalue weighted by Crippen LogP contribution is 2.45. The lowest BCUT2D eigenvalue weighted by molar-refractivity contribution is 0.0693. The molecule has 0 radical (unpaired) electrons. The molecule has 0 amide bonds. The summed E-state index contributed by atoms with van der Waals surface area (Å²) in [6.45, 7) is 8.09. The fourth-order valence-electron chi connectivity index (χ4n) is 6.51. The second kappa shape index (κ2) is 8.18. The number of likely N-dealkylation sites (tertiary alicyclic amines) is 1. The fraction of sp³-hybridized carbons (Fsp3) is 0.500. The third-order valence-corrected chi connectivity index (χ3v) is 8.84. The maximum atomic E-state index is 12.9. The van der Waals surface area contributed by atoms with E-state index in [0.717, 1.165) is 36.0 Å². The standard InChI is InChI=1S/C28H32ClN3O2/c1-28(2)21-7-6-20(19-8-10-31(11-9-19)15-17-12-18(13-17)16-33)14-24(21)32-23-5-3-4-22(29)25(23)26(34)30-27(28)32/h3-7,14,17-19,33H,8-13,15-16H2,1-2H3. The number of piperidine rings is 1. The van der Waals surface area contributed by atoms with Crippen molar-refractivity contribution < 1.29 is 5.11 Å². The van der Waals surface area contributed by atoms with Gasteiger partial charge in [-0.15, -0.1) is 0 Å². The Morgan fingerprint density at radius 2 is 1.88 bits per heavy atom. The van der Waals surface area contributed by atoms with Gasteiger partial charge >= 0.3 is 0 Å². The summed E-state index contributed by atoms with van der Waals surface area (Å²) in [4.78, 5) is 20.0. The van der Waals surface area contributed by atoms with Gasteiger partial charge in [-0.2, -0.15) is 4.98 Å². The summed E-state index contributed by atoms with van der Waals surface area (Å²) < 4.78 is 2.16. The van der Waals surface area contributed by atoms with Crippen LogP contribution in [0.15, 0.2) is 41.2 Å². The van der Waals surface area contributed by atoms with Gasteiger partial charge in [0.05, 0.1) is 27.0 Å². The van der Waals surface area contributed by atoms with Crippen molar-refractivity contribution in [2.24, 2.45) is 11.8 Å². The molecule has 2 fully saturated rings. The number of hydrogen-bond acceptors (Lipinski definition) is 4. The van der Waals surface area contributed by atoms with Gasteiger partial charge in [0.15, 0.2) is 0 Å². The molecule has 34 heavy (non-hydrogen) atoms. The van der Waals surface area contributed by atoms with Crippen LogP contribution in [-0.4, -0.2) is 45.8 Å². The van der Waals surface area contributed by atoms with E-state index >= 15 is 0 Å². The number of aliphatic hydroxyl groups excluding tert-OH is 1. The molecule has 6 heteroatoms. The Labute approximate surface area is 205 Å². The number of rotatable bonds is 4. The van der Waals surface area contributed by atoms with E-state index in [-0.39, 0.29) is 11.0 Å². The summed E-state index contributed by atoms with van der Waals surface area (Å²) in [6.07, 6.45) is 4.70. The van der Waals surface area contributed by atoms with Crippen molar-refractivity contribution in [2.75, 3.05) is 26.2 Å². The van der Waals surface area contributed by atoms with Gasteiger partial charge in [-0.05, 0) is 99.7 Å². The first-order valence-electron chi connectivity index (χ1n) is 12.6.